The van der Waals surface area contributed by atoms with Gasteiger partial charge in [-0.3, -0.25) is 24.8 Å². The first-order chi connectivity index (χ1) is 14.0. The standard InChI is InChI=1S/C20H23N5O4/c1-29-18-6-5-13(10-17(18)25(27)28)11-24-9-7-15-14(12-24)20(26)23-19(22-15)16-4-2-3-8-21-16/h5-6,10H,2-4,7-9,11-12H2,1H3,(H,22,23,26). The van der Waals surface area contributed by atoms with Crippen LogP contribution in [-0.4, -0.2) is 45.7 Å². The summed E-state index contributed by atoms with van der Waals surface area (Å²) in [4.78, 5) is 37.7. The largest absolute Gasteiger partial charge is 0.490 e. The third-order valence-electron chi connectivity index (χ3n) is 5.39. The fourth-order valence-corrected chi connectivity index (χ4v) is 3.88. The van der Waals surface area contributed by atoms with Gasteiger partial charge in [0.15, 0.2) is 11.6 Å². The lowest BCUT2D eigenvalue weighted by atomic mass is 10.0. The summed E-state index contributed by atoms with van der Waals surface area (Å²) >= 11 is 0. The summed E-state index contributed by atoms with van der Waals surface area (Å²) in [5.74, 6) is 0.842. The molecule has 0 spiro atoms. The zero-order valence-electron chi connectivity index (χ0n) is 16.3. The molecule has 0 saturated heterocycles. The van der Waals surface area contributed by atoms with Gasteiger partial charge in [0.05, 0.1) is 29.0 Å². The molecule has 4 rings (SSSR count). The summed E-state index contributed by atoms with van der Waals surface area (Å²) in [5.41, 5.74) is 3.01. The summed E-state index contributed by atoms with van der Waals surface area (Å²) in [7, 11) is 1.41. The molecule has 0 unspecified atom stereocenters. The number of rotatable bonds is 5. The number of aromatic amines is 1. The van der Waals surface area contributed by atoms with Crippen molar-refractivity contribution in [2.75, 3.05) is 20.2 Å². The summed E-state index contributed by atoms with van der Waals surface area (Å²) in [6.45, 7) is 2.50. The topological polar surface area (TPSA) is 114 Å². The van der Waals surface area contributed by atoms with E-state index in [9.17, 15) is 14.9 Å². The molecular weight excluding hydrogens is 374 g/mol. The number of H-pyrrole nitrogens is 1. The molecule has 1 aromatic heterocycles. The fourth-order valence-electron chi connectivity index (χ4n) is 3.88. The number of nitrogens with one attached hydrogen (secondary N) is 1. The molecular formula is C20H23N5O4. The van der Waals surface area contributed by atoms with Crippen LogP contribution in [0.2, 0.25) is 0 Å². The van der Waals surface area contributed by atoms with Crippen LogP contribution in [0.25, 0.3) is 0 Å². The number of benzene rings is 1. The molecule has 1 N–H and O–H groups in total. The monoisotopic (exact) mass is 397 g/mol. The summed E-state index contributed by atoms with van der Waals surface area (Å²) in [6, 6.07) is 4.95. The number of hydrogen-bond acceptors (Lipinski definition) is 7. The molecule has 152 valence electrons. The van der Waals surface area contributed by atoms with E-state index in [0.29, 0.717) is 30.9 Å². The van der Waals surface area contributed by atoms with Crippen molar-refractivity contribution in [1.29, 1.82) is 0 Å². The molecule has 0 amide bonds. The Balaban J connectivity index is 1.53. The number of hydrogen-bond donors (Lipinski definition) is 1. The zero-order valence-corrected chi connectivity index (χ0v) is 16.3. The van der Waals surface area contributed by atoms with Crippen LogP contribution in [0.5, 0.6) is 5.75 Å². The zero-order chi connectivity index (χ0) is 20.4. The van der Waals surface area contributed by atoms with Crippen molar-refractivity contribution in [3.63, 3.8) is 0 Å². The minimum Gasteiger partial charge on any atom is -0.490 e. The van der Waals surface area contributed by atoms with Crippen molar-refractivity contribution in [3.05, 3.63) is 61.3 Å². The third-order valence-corrected chi connectivity index (χ3v) is 5.39. The van der Waals surface area contributed by atoms with Crippen molar-refractivity contribution < 1.29 is 9.66 Å². The Morgan fingerprint density at radius 1 is 1.31 bits per heavy atom. The first-order valence-corrected chi connectivity index (χ1v) is 9.74. The number of ether oxygens (including phenoxy) is 1. The van der Waals surface area contributed by atoms with Gasteiger partial charge >= 0.3 is 5.69 Å². The van der Waals surface area contributed by atoms with Gasteiger partial charge in [-0.1, -0.05) is 6.07 Å². The SMILES string of the molecule is COc1ccc(CN2CCc3nc(C4=NCCCC4)[nH]c(=O)c3C2)cc1[N+](=O)[O-]. The van der Waals surface area contributed by atoms with Gasteiger partial charge in [0.2, 0.25) is 0 Å². The van der Waals surface area contributed by atoms with E-state index >= 15 is 0 Å². The molecule has 9 nitrogen and oxygen atoms in total. The van der Waals surface area contributed by atoms with E-state index in [2.05, 4.69) is 19.9 Å². The van der Waals surface area contributed by atoms with Crippen LogP contribution >= 0.6 is 0 Å². The normalized spacial score (nSPS) is 16.8. The van der Waals surface area contributed by atoms with Crippen molar-refractivity contribution in [3.8, 4) is 5.75 Å². The highest BCUT2D eigenvalue weighted by Gasteiger charge is 2.24. The second-order valence-corrected chi connectivity index (χ2v) is 7.35. The van der Waals surface area contributed by atoms with Crippen LogP contribution in [0.3, 0.4) is 0 Å². The Hall–Kier alpha value is -3.07. The molecule has 0 radical (unpaired) electrons. The van der Waals surface area contributed by atoms with Crippen LogP contribution in [-0.2, 0) is 19.5 Å². The lowest BCUT2D eigenvalue weighted by Gasteiger charge is -2.28. The van der Waals surface area contributed by atoms with Crippen molar-refractivity contribution in [2.45, 2.75) is 38.8 Å². The molecule has 1 aromatic carbocycles. The van der Waals surface area contributed by atoms with E-state index in [0.717, 1.165) is 49.3 Å². The summed E-state index contributed by atoms with van der Waals surface area (Å²) < 4.78 is 5.06. The van der Waals surface area contributed by atoms with Crippen molar-refractivity contribution >= 4 is 11.4 Å². The Morgan fingerprint density at radius 3 is 2.90 bits per heavy atom. The minimum absolute atomic E-state index is 0.0557. The molecule has 3 heterocycles. The van der Waals surface area contributed by atoms with Gasteiger partial charge in [-0.15, -0.1) is 0 Å². The molecule has 0 atom stereocenters. The van der Waals surface area contributed by atoms with E-state index in [1.165, 1.54) is 13.2 Å². The average molecular weight is 397 g/mol. The van der Waals surface area contributed by atoms with Gasteiger partial charge in [0, 0.05) is 38.7 Å². The lowest BCUT2D eigenvalue weighted by Crippen LogP contribution is -2.36. The van der Waals surface area contributed by atoms with Gasteiger partial charge in [0.25, 0.3) is 5.56 Å². The van der Waals surface area contributed by atoms with Crippen LogP contribution in [0, 0.1) is 10.1 Å². The molecule has 0 aliphatic carbocycles. The van der Waals surface area contributed by atoms with Crippen molar-refractivity contribution in [2.24, 2.45) is 4.99 Å². The maximum Gasteiger partial charge on any atom is 0.311 e. The van der Waals surface area contributed by atoms with Gasteiger partial charge in [-0.05, 0) is 30.9 Å². The van der Waals surface area contributed by atoms with Crippen LogP contribution in [0.4, 0.5) is 5.69 Å². The smallest absolute Gasteiger partial charge is 0.311 e. The van der Waals surface area contributed by atoms with Gasteiger partial charge in [-0.25, -0.2) is 4.98 Å². The van der Waals surface area contributed by atoms with Crippen LogP contribution in [0.15, 0.2) is 28.0 Å². The predicted octanol–water partition coefficient (Wildman–Crippen LogP) is 2.22. The number of nitrogens with zero attached hydrogens (tertiary/aromatic N) is 4. The summed E-state index contributed by atoms with van der Waals surface area (Å²) in [6.07, 6.45) is 3.67. The highest BCUT2D eigenvalue weighted by atomic mass is 16.6. The Morgan fingerprint density at radius 2 is 2.17 bits per heavy atom. The van der Waals surface area contributed by atoms with E-state index in [-0.39, 0.29) is 17.0 Å². The maximum atomic E-state index is 12.7. The Labute approximate surface area is 167 Å². The number of aromatic nitrogens is 2. The summed E-state index contributed by atoms with van der Waals surface area (Å²) in [5, 5.41) is 11.2. The Kier molecular flexibility index (Phi) is 5.39. The molecule has 29 heavy (non-hydrogen) atoms. The number of methoxy groups -OCH3 is 1. The second kappa shape index (κ2) is 8.12. The lowest BCUT2D eigenvalue weighted by molar-refractivity contribution is -0.385. The first-order valence-electron chi connectivity index (χ1n) is 9.74. The molecule has 0 fully saturated rings. The van der Waals surface area contributed by atoms with Crippen LogP contribution < -0.4 is 10.3 Å². The Bertz CT molecular complexity index is 1030. The molecule has 0 bridgehead atoms. The molecule has 9 heteroatoms. The number of nitro groups is 1. The average Bonchev–Trinajstić information content (AvgIpc) is 2.74. The van der Waals surface area contributed by atoms with E-state index in [1.54, 1.807) is 6.07 Å². The minimum atomic E-state index is -0.446. The molecule has 0 saturated carbocycles. The number of fused-ring (bicyclic) bond motifs is 1. The van der Waals surface area contributed by atoms with E-state index in [4.69, 9.17) is 4.74 Å². The third kappa shape index (κ3) is 4.04. The second-order valence-electron chi connectivity index (χ2n) is 7.35. The van der Waals surface area contributed by atoms with Gasteiger partial charge in [0.1, 0.15) is 0 Å². The maximum absolute atomic E-state index is 12.7. The van der Waals surface area contributed by atoms with E-state index in [1.807, 2.05) is 6.07 Å². The van der Waals surface area contributed by atoms with Crippen LogP contribution in [0.1, 0.15) is 41.9 Å². The quantitative estimate of drug-likeness (QED) is 0.611. The number of aliphatic imine (C=N–C) groups is 1. The van der Waals surface area contributed by atoms with Crippen molar-refractivity contribution in [1.82, 2.24) is 14.9 Å². The molecule has 2 aliphatic heterocycles. The van der Waals surface area contributed by atoms with Gasteiger partial charge in [-0.2, -0.15) is 0 Å². The molecule has 2 aliphatic rings. The highest BCUT2D eigenvalue weighted by molar-refractivity contribution is 5.97. The van der Waals surface area contributed by atoms with Gasteiger partial charge < -0.3 is 9.72 Å². The number of nitro benzene ring substituents is 1. The predicted molar refractivity (Wildman–Crippen MR) is 108 cm³/mol. The highest BCUT2D eigenvalue weighted by Crippen LogP contribution is 2.28. The molecule has 2 aromatic rings. The van der Waals surface area contributed by atoms with E-state index < -0.39 is 4.92 Å². The fraction of sp³-hybridized carbons (Fsp3) is 0.450. The first kappa shape index (κ1) is 19.3.